The van der Waals surface area contributed by atoms with Crippen molar-refractivity contribution >= 4 is 17.6 Å². The summed E-state index contributed by atoms with van der Waals surface area (Å²) in [5, 5.41) is 4.69. The van der Waals surface area contributed by atoms with Crippen molar-refractivity contribution in [3.05, 3.63) is 41.8 Å². The first-order chi connectivity index (χ1) is 13.7. The summed E-state index contributed by atoms with van der Waals surface area (Å²) in [6.45, 7) is 3.34. The fourth-order valence-corrected chi connectivity index (χ4v) is 4.19. The Morgan fingerprint density at radius 1 is 1.21 bits per heavy atom. The molecule has 0 saturated carbocycles. The van der Waals surface area contributed by atoms with Gasteiger partial charge in [-0.3, -0.25) is 14.5 Å². The highest BCUT2D eigenvalue weighted by Gasteiger charge is 2.36. The lowest BCUT2D eigenvalue weighted by Crippen LogP contribution is -2.36. The van der Waals surface area contributed by atoms with Gasteiger partial charge in [-0.1, -0.05) is 12.2 Å². The molecular formula is C20H24N6O2. The molecule has 0 spiro atoms. The minimum atomic E-state index is -0.225. The molecule has 8 heteroatoms. The number of fused-ring (bicyclic) bond motifs is 1. The van der Waals surface area contributed by atoms with Crippen molar-refractivity contribution in [3.63, 3.8) is 0 Å². The molecule has 1 aromatic heterocycles. The Morgan fingerprint density at radius 3 is 2.79 bits per heavy atom. The largest absolute Gasteiger partial charge is 0.481 e. The number of dihydropyridines is 2. The maximum Gasteiger partial charge on any atom is 0.259 e. The van der Waals surface area contributed by atoms with Gasteiger partial charge in [0.25, 0.3) is 5.91 Å². The summed E-state index contributed by atoms with van der Waals surface area (Å²) in [6, 6.07) is 0.0638. The number of nitrogens with zero attached hydrogens (tertiary/aromatic N) is 6. The summed E-state index contributed by atoms with van der Waals surface area (Å²) < 4.78 is 7.08. The number of likely N-dealkylation sites (tertiary alicyclic amines) is 1. The molecule has 5 rings (SSSR count). The Labute approximate surface area is 163 Å². The van der Waals surface area contributed by atoms with Crippen LogP contribution in [0.5, 0.6) is 0 Å². The first-order valence-electron chi connectivity index (χ1n) is 9.88. The van der Waals surface area contributed by atoms with E-state index >= 15 is 0 Å². The third-order valence-electron chi connectivity index (χ3n) is 5.75. The summed E-state index contributed by atoms with van der Waals surface area (Å²) in [5.41, 5.74) is 1.49. The fraction of sp³-hybridized carbons (Fsp3) is 0.500. The third-order valence-corrected chi connectivity index (χ3v) is 5.75. The molecule has 1 fully saturated rings. The zero-order valence-corrected chi connectivity index (χ0v) is 16.0. The number of amides is 1. The van der Waals surface area contributed by atoms with E-state index in [0.29, 0.717) is 31.0 Å². The van der Waals surface area contributed by atoms with E-state index in [-0.39, 0.29) is 18.1 Å². The zero-order valence-electron chi connectivity index (χ0n) is 16.0. The predicted octanol–water partition coefficient (Wildman–Crippen LogP) is 1.77. The van der Waals surface area contributed by atoms with E-state index in [4.69, 9.17) is 14.8 Å². The normalized spacial score (nSPS) is 26.5. The Balaban J connectivity index is 1.28. The van der Waals surface area contributed by atoms with Crippen molar-refractivity contribution in [2.75, 3.05) is 26.7 Å². The topological polar surface area (TPSA) is 75.3 Å². The van der Waals surface area contributed by atoms with Gasteiger partial charge >= 0.3 is 0 Å². The van der Waals surface area contributed by atoms with Crippen molar-refractivity contribution < 1.29 is 9.53 Å². The van der Waals surface area contributed by atoms with Crippen molar-refractivity contribution in [2.45, 2.75) is 38.0 Å². The van der Waals surface area contributed by atoms with Gasteiger partial charge in [-0.25, -0.2) is 4.99 Å². The summed E-state index contributed by atoms with van der Waals surface area (Å²) in [4.78, 5) is 26.2. The van der Waals surface area contributed by atoms with Gasteiger partial charge in [-0.05, 0) is 25.0 Å². The SMILES string of the molecule is COC1=NC(N2Cc3nn(C4C=CC(N5CCCC5)=NC4)cc3C2=O)CC=C1. The highest BCUT2D eigenvalue weighted by Crippen LogP contribution is 2.28. The van der Waals surface area contributed by atoms with Crippen LogP contribution in [0.2, 0.25) is 0 Å². The van der Waals surface area contributed by atoms with Crippen molar-refractivity contribution in [3.8, 4) is 0 Å². The minimum Gasteiger partial charge on any atom is -0.481 e. The van der Waals surface area contributed by atoms with Crippen LogP contribution in [0.1, 0.15) is 41.4 Å². The van der Waals surface area contributed by atoms with Crippen molar-refractivity contribution in [1.29, 1.82) is 0 Å². The molecule has 0 N–H and O–H groups in total. The lowest BCUT2D eigenvalue weighted by molar-refractivity contribution is 0.0704. The van der Waals surface area contributed by atoms with Crippen LogP contribution in [0.15, 0.2) is 40.5 Å². The maximum atomic E-state index is 12.9. The van der Waals surface area contributed by atoms with E-state index in [9.17, 15) is 4.79 Å². The van der Waals surface area contributed by atoms with Gasteiger partial charge in [0.1, 0.15) is 12.0 Å². The Kier molecular flexibility index (Phi) is 4.26. The molecule has 2 unspecified atom stereocenters. The van der Waals surface area contributed by atoms with E-state index in [1.54, 1.807) is 12.0 Å². The lowest BCUT2D eigenvalue weighted by atomic mass is 10.2. The number of rotatable bonds is 2. The predicted molar refractivity (Wildman–Crippen MR) is 105 cm³/mol. The third kappa shape index (κ3) is 2.93. The zero-order chi connectivity index (χ0) is 19.1. The second-order valence-electron chi connectivity index (χ2n) is 7.51. The van der Waals surface area contributed by atoms with Gasteiger partial charge in [-0.2, -0.15) is 5.10 Å². The number of ether oxygens (including phenoxy) is 1. The number of methoxy groups -OCH3 is 1. The molecule has 0 bridgehead atoms. The van der Waals surface area contributed by atoms with Crippen LogP contribution in [0.4, 0.5) is 0 Å². The van der Waals surface area contributed by atoms with Crippen molar-refractivity contribution in [1.82, 2.24) is 19.6 Å². The van der Waals surface area contributed by atoms with Gasteiger partial charge in [-0.15, -0.1) is 0 Å². The van der Waals surface area contributed by atoms with E-state index in [1.165, 1.54) is 12.8 Å². The molecule has 0 aliphatic carbocycles. The van der Waals surface area contributed by atoms with E-state index < -0.39 is 0 Å². The van der Waals surface area contributed by atoms with Crippen LogP contribution in [-0.2, 0) is 11.3 Å². The molecule has 1 aromatic rings. The van der Waals surface area contributed by atoms with E-state index in [2.05, 4.69) is 22.0 Å². The number of carbonyl (C=O) groups excluding carboxylic acids is 1. The van der Waals surface area contributed by atoms with Gasteiger partial charge in [0.2, 0.25) is 5.90 Å². The highest BCUT2D eigenvalue weighted by molar-refractivity contribution is 5.98. The second-order valence-corrected chi connectivity index (χ2v) is 7.51. The number of hydrogen-bond donors (Lipinski definition) is 0. The Morgan fingerprint density at radius 2 is 2.07 bits per heavy atom. The maximum absolute atomic E-state index is 12.9. The minimum absolute atomic E-state index is 0.0122. The first kappa shape index (κ1) is 17.2. The molecule has 4 aliphatic rings. The van der Waals surface area contributed by atoms with Crippen LogP contribution in [0, 0.1) is 0 Å². The monoisotopic (exact) mass is 380 g/mol. The molecule has 2 atom stereocenters. The number of aliphatic imine (C=N–C) groups is 2. The standard InChI is InChI=1S/C20H24N6O2/c1-28-19-6-4-5-18(22-19)25-13-16-15(20(25)27)12-26(23-16)14-7-8-17(21-11-14)24-9-2-3-10-24/h4,6-8,12,14,18H,2-3,5,9-11,13H2,1H3. The van der Waals surface area contributed by atoms with Crippen molar-refractivity contribution in [2.24, 2.45) is 9.98 Å². The summed E-state index contributed by atoms with van der Waals surface area (Å²) in [5.74, 6) is 1.62. The number of aromatic nitrogens is 2. The first-order valence-corrected chi connectivity index (χ1v) is 9.88. The molecule has 8 nitrogen and oxygen atoms in total. The molecule has 0 radical (unpaired) electrons. The van der Waals surface area contributed by atoms with Crippen LogP contribution < -0.4 is 0 Å². The Hall–Kier alpha value is -2.90. The average Bonchev–Trinajstić information content (AvgIpc) is 3.46. The quantitative estimate of drug-likeness (QED) is 0.784. The van der Waals surface area contributed by atoms with Gasteiger partial charge in [0.15, 0.2) is 0 Å². The van der Waals surface area contributed by atoms with Crippen LogP contribution >= 0.6 is 0 Å². The van der Waals surface area contributed by atoms with Gasteiger partial charge in [0, 0.05) is 25.7 Å². The fourth-order valence-electron chi connectivity index (χ4n) is 4.19. The molecule has 0 aromatic carbocycles. The van der Waals surface area contributed by atoms with Gasteiger partial charge in [0.05, 0.1) is 37.5 Å². The summed E-state index contributed by atoms with van der Waals surface area (Å²) in [7, 11) is 1.59. The molecular weight excluding hydrogens is 356 g/mol. The molecule has 28 heavy (non-hydrogen) atoms. The molecule has 1 saturated heterocycles. The summed E-state index contributed by atoms with van der Waals surface area (Å²) in [6.07, 6.45) is 12.9. The number of amidine groups is 1. The van der Waals surface area contributed by atoms with Crippen LogP contribution in [-0.4, -0.2) is 70.1 Å². The second kappa shape index (κ2) is 6.92. The average molecular weight is 380 g/mol. The van der Waals surface area contributed by atoms with Gasteiger partial charge < -0.3 is 14.5 Å². The van der Waals surface area contributed by atoms with Crippen LogP contribution in [0.3, 0.4) is 0 Å². The van der Waals surface area contributed by atoms with Crippen LogP contribution in [0.25, 0.3) is 0 Å². The summed E-state index contributed by atoms with van der Waals surface area (Å²) >= 11 is 0. The number of hydrogen-bond acceptors (Lipinski definition) is 6. The highest BCUT2D eigenvalue weighted by atomic mass is 16.5. The number of carbonyl (C=O) groups is 1. The molecule has 1 amide bonds. The Bertz CT molecular complexity index is 906. The van der Waals surface area contributed by atoms with E-state index in [1.807, 2.05) is 23.0 Å². The smallest absolute Gasteiger partial charge is 0.259 e. The molecule has 4 aliphatic heterocycles. The lowest BCUT2D eigenvalue weighted by Gasteiger charge is -2.26. The molecule has 146 valence electrons. The van der Waals surface area contributed by atoms with E-state index in [0.717, 1.165) is 24.6 Å². The molecule has 5 heterocycles.